The van der Waals surface area contributed by atoms with Gasteiger partial charge in [0.05, 0.1) is 12.1 Å². The first kappa shape index (κ1) is 22.8. The summed E-state index contributed by atoms with van der Waals surface area (Å²) in [6.07, 6.45) is 9.21. The molecule has 1 N–H and O–H groups in total. The summed E-state index contributed by atoms with van der Waals surface area (Å²) in [5.74, 6) is -1.17. The molecule has 0 saturated carbocycles. The fourth-order valence-corrected chi connectivity index (χ4v) is 3.26. The Hall–Kier alpha value is -2.50. The highest BCUT2D eigenvalue weighted by Crippen LogP contribution is 2.45. The molecule has 0 aromatic heterocycles. The lowest BCUT2D eigenvalue weighted by Gasteiger charge is -2.44. The van der Waals surface area contributed by atoms with Gasteiger partial charge in [0, 0.05) is 17.9 Å². The van der Waals surface area contributed by atoms with Crippen LogP contribution in [0.25, 0.3) is 6.08 Å². The lowest BCUT2D eigenvalue weighted by molar-refractivity contribution is -0.134. The van der Waals surface area contributed by atoms with Crippen LogP contribution in [0.5, 0.6) is 0 Å². The number of aliphatic hydroxyl groups is 1. The Balaban J connectivity index is 2.44. The molecule has 2 rings (SSSR count). The lowest BCUT2D eigenvalue weighted by atomic mass is 9.64. The number of rotatable bonds is 5. The molecule has 0 saturated heterocycles. The van der Waals surface area contributed by atoms with E-state index in [4.69, 9.17) is 11.6 Å². The summed E-state index contributed by atoms with van der Waals surface area (Å²) in [7, 11) is 1.28. The van der Waals surface area contributed by atoms with Gasteiger partial charge in [0.2, 0.25) is 0 Å². The summed E-state index contributed by atoms with van der Waals surface area (Å²) in [5.41, 5.74) is -0.784. The number of ketones is 1. The molecule has 0 radical (unpaired) electrons. The van der Waals surface area contributed by atoms with E-state index >= 15 is 0 Å². The van der Waals surface area contributed by atoms with Crippen molar-refractivity contribution in [3.8, 4) is 0 Å². The van der Waals surface area contributed by atoms with Gasteiger partial charge < -0.3 is 9.84 Å². The summed E-state index contributed by atoms with van der Waals surface area (Å²) < 4.78 is 18.3. The zero-order valence-electron chi connectivity index (χ0n) is 16.8. The van der Waals surface area contributed by atoms with Gasteiger partial charge >= 0.3 is 5.97 Å². The van der Waals surface area contributed by atoms with Crippen LogP contribution in [0.2, 0.25) is 5.02 Å². The maximum absolute atomic E-state index is 13.7. The standard InChI is InChI=1S/C23H24ClFO4/c1-15(11-21(27)29-4)9-10-23(28)17(13-18(26)14-22(23,2)3)7-5-16-6-8-19(24)20(25)12-16/h5-13,28H,14H2,1-4H3/b7-5+,10-9+,15-11-/t23-/m1/s1. The second-order valence-electron chi connectivity index (χ2n) is 7.64. The number of ether oxygens (including phenoxy) is 1. The zero-order valence-corrected chi connectivity index (χ0v) is 17.6. The van der Waals surface area contributed by atoms with E-state index in [1.165, 1.54) is 31.4 Å². The number of halogens is 2. The second kappa shape index (κ2) is 8.89. The Morgan fingerprint density at radius 3 is 2.62 bits per heavy atom. The van der Waals surface area contributed by atoms with Gasteiger partial charge in [-0.3, -0.25) is 4.79 Å². The van der Waals surface area contributed by atoms with Crippen molar-refractivity contribution in [1.29, 1.82) is 0 Å². The molecule has 1 aliphatic carbocycles. The van der Waals surface area contributed by atoms with Crippen LogP contribution < -0.4 is 0 Å². The normalized spacial score (nSPS) is 22.2. The minimum Gasteiger partial charge on any atom is -0.466 e. The molecule has 0 bridgehead atoms. The number of benzene rings is 1. The van der Waals surface area contributed by atoms with Gasteiger partial charge in [-0.25, -0.2) is 9.18 Å². The third kappa shape index (κ3) is 5.31. The third-order valence-corrected chi connectivity index (χ3v) is 5.24. The number of allylic oxidation sites excluding steroid dienone is 3. The maximum atomic E-state index is 13.7. The molecule has 0 fully saturated rings. The van der Waals surface area contributed by atoms with Crippen molar-refractivity contribution in [2.45, 2.75) is 32.8 Å². The van der Waals surface area contributed by atoms with E-state index in [1.54, 1.807) is 51.1 Å². The minimum atomic E-state index is -1.48. The topological polar surface area (TPSA) is 63.6 Å². The van der Waals surface area contributed by atoms with Crippen molar-refractivity contribution in [1.82, 2.24) is 0 Å². The van der Waals surface area contributed by atoms with Gasteiger partial charge in [-0.05, 0) is 47.9 Å². The van der Waals surface area contributed by atoms with Crippen LogP contribution in [0.3, 0.4) is 0 Å². The molecule has 0 heterocycles. The van der Waals surface area contributed by atoms with E-state index in [0.29, 0.717) is 16.7 Å². The monoisotopic (exact) mass is 418 g/mol. The zero-order chi connectivity index (χ0) is 21.8. The highest BCUT2D eigenvalue weighted by atomic mass is 35.5. The average Bonchev–Trinajstić information content (AvgIpc) is 2.64. The van der Waals surface area contributed by atoms with Crippen molar-refractivity contribution in [2.24, 2.45) is 5.41 Å². The fraction of sp³-hybridized carbons (Fsp3) is 0.304. The van der Waals surface area contributed by atoms with Gasteiger partial charge in [-0.2, -0.15) is 0 Å². The summed E-state index contributed by atoms with van der Waals surface area (Å²) >= 11 is 5.71. The van der Waals surface area contributed by atoms with Gasteiger partial charge in [0.1, 0.15) is 11.4 Å². The van der Waals surface area contributed by atoms with Crippen molar-refractivity contribution < 1.29 is 23.8 Å². The Kier molecular flexibility index (Phi) is 6.98. The largest absolute Gasteiger partial charge is 0.466 e. The van der Waals surface area contributed by atoms with E-state index < -0.39 is 22.8 Å². The molecule has 1 aromatic carbocycles. The first-order valence-electron chi connectivity index (χ1n) is 9.04. The molecule has 1 atom stereocenters. The Morgan fingerprint density at radius 1 is 1.31 bits per heavy atom. The van der Waals surface area contributed by atoms with Crippen LogP contribution in [0.1, 0.15) is 32.8 Å². The van der Waals surface area contributed by atoms with Gasteiger partial charge in [-0.15, -0.1) is 0 Å². The molecule has 154 valence electrons. The molecule has 0 aliphatic heterocycles. The number of hydrogen-bond donors (Lipinski definition) is 1. The number of carbonyl (C=O) groups excluding carboxylic acids is 2. The Labute approximate surface area is 175 Å². The molecule has 29 heavy (non-hydrogen) atoms. The number of carbonyl (C=O) groups is 2. The van der Waals surface area contributed by atoms with Crippen LogP contribution in [-0.4, -0.2) is 29.6 Å². The van der Waals surface area contributed by atoms with Gasteiger partial charge in [0.15, 0.2) is 5.78 Å². The summed E-state index contributed by atoms with van der Waals surface area (Å²) in [5, 5.41) is 11.5. The second-order valence-corrected chi connectivity index (χ2v) is 8.05. The third-order valence-electron chi connectivity index (χ3n) is 4.94. The maximum Gasteiger partial charge on any atom is 0.330 e. The van der Waals surface area contributed by atoms with Gasteiger partial charge in [-0.1, -0.05) is 49.7 Å². The van der Waals surface area contributed by atoms with Crippen molar-refractivity contribution >= 4 is 29.4 Å². The predicted molar refractivity (Wildman–Crippen MR) is 112 cm³/mol. The number of hydrogen-bond acceptors (Lipinski definition) is 4. The van der Waals surface area contributed by atoms with Crippen LogP contribution in [-0.2, 0) is 14.3 Å². The first-order valence-corrected chi connectivity index (χ1v) is 9.42. The lowest BCUT2D eigenvalue weighted by Crippen LogP contribution is -2.48. The van der Waals surface area contributed by atoms with E-state index in [-0.39, 0.29) is 17.2 Å². The number of methoxy groups -OCH3 is 1. The molecule has 4 nitrogen and oxygen atoms in total. The molecule has 0 amide bonds. The molecular weight excluding hydrogens is 395 g/mol. The van der Waals surface area contributed by atoms with Crippen LogP contribution in [0.4, 0.5) is 4.39 Å². The van der Waals surface area contributed by atoms with E-state index in [9.17, 15) is 19.1 Å². The van der Waals surface area contributed by atoms with Crippen LogP contribution in [0, 0.1) is 11.2 Å². The summed E-state index contributed by atoms with van der Waals surface area (Å²) in [6.45, 7) is 5.28. The first-order chi connectivity index (χ1) is 13.5. The van der Waals surface area contributed by atoms with Crippen molar-refractivity contribution in [3.05, 3.63) is 76.1 Å². The molecule has 1 aliphatic rings. The van der Waals surface area contributed by atoms with Crippen LogP contribution in [0.15, 0.2) is 59.7 Å². The number of esters is 1. The Morgan fingerprint density at radius 2 is 2.00 bits per heavy atom. The molecule has 0 unspecified atom stereocenters. The molecule has 1 aromatic rings. The Bertz CT molecular complexity index is 940. The minimum absolute atomic E-state index is 0.0163. The summed E-state index contributed by atoms with van der Waals surface area (Å²) in [4.78, 5) is 23.6. The van der Waals surface area contributed by atoms with Crippen LogP contribution >= 0.6 is 11.6 Å². The van der Waals surface area contributed by atoms with Crippen molar-refractivity contribution in [2.75, 3.05) is 7.11 Å². The van der Waals surface area contributed by atoms with Gasteiger partial charge in [0.25, 0.3) is 0 Å². The smallest absolute Gasteiger partial charge is 0.330 e. The predicted octanol–water partition coefficient (Wildman–Crippen LogP) is 4.82. The molecule has 0 spiro atoms. The molecular formula is C23H24ClFO4. The highest BCUT2D eigenvalue weighted by Gasteiger charge is 2.47. The molecule has 6 heteroatoms. The SMILES string of the molecule is COC(=O)/C=C(C)\C=C\[C@@]1(O)C(/C=C/c2ccc(Cl)c(F)c2)=CC(=O)CC1(C)C. The highest BCUT2D eigenvalue weighted by molar-refractivity contribution is 6.30. The van der Waals surface area contributed by atoms with E-state index in [2.05, 4.69) is 4.74 Å². The summed E-state index contributed by atoms with van der Waals surface area (Å²) in [6, 6.07) is 4.34. The average molecular weight is 419 g/mol. The van der Waals surface area contributed by atoms with Crippen molar-refractivity contribution in [3.63, 3.8) is 0 Å². The van der Waals surface area contributed by atoms with E-state index in [1.807, 2.05) is 0 Å². The quantitative estimate of drug-likeness (QED) is 0.423. The van der Waals surface area contributed by atoms with E-state index in [0.717, 1.165) is 0 Å². The fourth-order valence-electron chi connectivity index (χ4n) is 3.14.